The van der Waals surface area contributed by atoms with Crippen LogP contribution in [-0.2, 0) is 6.61 Å². The van der Waals surface area contributed by atoms with Crippen LogP contribution in [-0.4, -0.2) is 5.91 Å². The molecule has 2 aromatic carbocycles. The first-order chi connectivity index (χ1) is 12.4. The number of carbonyl (C=O) groups is 1. The van der Waals surface area contributed by atoms with Gasteiger partial charge in [0.15, 0.2) is 0 Å². The molecule has 26 heavy (non-hydrogen) atoms. The van der Waals surface area contributed by atoms with E-state index in [0.29, 0.717) is 11.5 Å². The Morgan fingerprint density at radius 2 is 1.69 bits per heavy atom. The first kappa shape index (κ1) is 18.2. The van der Waals surface area contributed by atoms with Crippen molar-refractivity contribution < 1.29 is 9.53 Å². The van der Waals surface area contributed by atoms with Crippen molar-refractivity contribution in [1.29, 1.82) is 0 Å². The summed E-state index contributed by atoms with van der Waals surface area (Å²) in [5.41, 5.74) is 6.38. The van der Waals surface area contributed by atoms with E-state index in [4.69, 9.17) is 4.74 Å². The van der Waals surface area contributed by atoms with Gasteiger partial charge in [-0.3, -0.25) is 4.79 Å². The van der Waals surface area contributed by atoms with Gasteiger partial charge in [0, 0.05) is 11.3 Å². The summed E-state index contributed by atoms with van der Waals surface area (Å²) in [4.78, 5) is 13.2. The van der Waals surface area contributed by atoms with Gasteiger partial charge in [-0.2, -0.15) is 0 Å². The smallest absolute Gasteiger partial charge is 0.265 e. The normalized spacial score (nSPS) is 10.6. The van der Waals surface area contributed by atoms with E-state index < -0.39 is 0 Å². The Kier molecular flexibility index (Phi) is 5.43. The average Bonchev–Trinajstić information content (AvgIpc) is 3.06. The van der Waals surface area contributed by atoms with Gasteiger partial charge in [0.05, 0.1) is 4.88 Å². The van der Waals surface area contributed by atoms with Crippen molar-refractivity contribution in [2.75, 3.05) is 5.32 Å². The van der Waals surface area contributed by atoms with Crippen LogP contribution < -0.4 is 10.1 Å². The summed E-state index contributed by atoms with van der Waals surface area (Å²) < 4.78 is 5.90. The first-order valence-corrected chi connectivity index (χ1v) is 9.46. The second-order valence-corrected chi connectivity index (χ2v) is 7.56. The van der Waals surface area contributed by atoms with Gasteiger partial charge in [-0.1, -0.05) is 29.8 Å². The molecule has 0 aliphatic carbocycles. The van der Waals surface area contributed by atoms with Gasteiger partial charge in [-0.25, -0.2) is 0 Å². The molecule has 1 amide bonds. The number of rotatable bonds is 5. The van der Waals surface area contributed by atoms with Crippen molar-refractivity contribution in [3.8, 4) is 5.75 Å². The van der Waals surface area contributed by atoms with Crippen LogP contribution in [0.25, 0.3) is 0 Å². The van der Waals surface area contributed by atoms with E-state index in [1.54, 1.807) is 0 Å². The summed E-state index contributed by atoms with van der Waals surface area (Å²) in [6, 6.07) is 14.1. The minimum Gasteiger partial charge on any atom is -0.489 e. The van der Waals surface area contributed by atoms with Gasteiger partial charge in [0.25, 0.3) is 5.91 Å². The molecule has 3 rings (SSSR count). The molecule has 3 nitrogen and oxygen atoms in total. The van der Waals surface area contributed by atoms with Crippen molar-refractivity contribution in [2.24, 2.45) is 0 Å². The molecule has 0 bridgehead atoms. The van der Waals surface area contributed by atoms with Gasteiger partial charge in [0.1, 0.15) is 12.4 Å². The molecular formula is C22H23NO2S. The SMILES string of the molecule is Cc1ccc(OCc2csc(C(=O)Nc3cc(C)ccc3C)c2)c(C)c1. The van der Waals surface area contributed by atoms with Gasteiger partial charge < -0.3 is 10.1 Å². The summed E-state index contributed by atoms with van der Waals surface area (Å²) in [5, 5.41) is 4.97. The van der Waals surface area contributed by atoms with Crippen LogP contribution in [0.5, 0.6) is 5.75 Å². The van der Waals surface area contributed by atoms with E-state index in [0.717, 1.165) is 33.7 Å². The first-order valence-electron chi connectivity index (χ1n) is 8.58. The number of thiophene rings is 1. The number of carbonyl (C=O) groups excluding carboxylic acids is 1. The topological polar surface area (TPSA) is 38.3 Å². The molecule has 1 N–H and O–H groups in total. The highest BCUT2D eigenvalue weighted by molar-refractivity contribution is 7.12. The van der Waals surface area contributed by atoms with Crippen LogP contribution in [0.1, 0.15) is 37.5 Å². The van der Waals surface area contributed by atoms with Crippen molar-refractivity contribution in [3.05, 3.63) is 80.5 Å². The molecule has 0 atom stereocenters. The number of aryl methyl sites for hydroxylation is 4. The zero-order chi connectivity index (χ0) is 18.7. The number of anilines is 1. The molecule has 0 unspecified atom stereocenters. The average molecular weight is 365 g/mol. The summed E-state index contributed by atoms with van der Waals surface area (Å²) in [6.45, 7) is 8.57. The molecular weight excluding hydrogens is 342 g/mol. The van der Waals surface area contributed by atoms with Crippen molar-refractivity contribution in [2.45, 2.75) is 34.3 Å². The second-order valence-electron chi connectivity index (χ2n) is 6.65. The fourth-order valence-electron chi connectivity index (χ4n) is 2.75. The van der Waals surface area contributed by atoms with Gasteiger partial charge in [-0.05, 0) is 68.0 Å². The van der Waals surface area contributed by atoms with E-state index in [-0.39, 0.29) is 5.91 Å². The molecule has 0 aliphatic rings. The number of benzene rings is 2. The number of ether oxygens (including phenoxy) is 1. The van der Waals surface area contributed by atoms with E-state index in [1.165, 1.54) is 16.9 Å². The third-order valence-electron chi connectivity index (χ3n) is 4.24. The monoisotopic (exact) mass is 365 g/mol. The molecule has 134 valence electrons. The number of hydrogen-bond acceptors (Lipinski definition) is 3. The van der Waals surface area contributed by atoms with E-state index in [1.807, 2.05) is 62.5 Å². The van der Waals surface area contributed by atoms with Gasteiger partial charge in [-0.15, -0.1) is 11.3 Å². The van der Waals surface area contributed by atoms with Crippen LogP contribution in [0.4, 0.5) is 5.69 Å². The van der Waals surface area contributed by atoms with E-state index >= 15 is 0 Å². The van der Waals surface area contributed by atoms with Gasteiger partial charge >= 0.3 is 0 Å². The minimum atomic E-state index is -0.0820. The zero-order valence-electron chi connectivity index (χ0n) is 15.6. The molecule has 0 saturated carbocycles. The van der Waals surface area contributed by atoms with E-state index in [9.17, 15) is 4.79 Å². The standard InChI is InChI=1S/C22H23NO2S/c1-14-6-8-20(17(4)9-14)25-12-18-11-21(26-13-18)22(24)23-19-10-15(2)5-7-16(19)3/h5-11,13H,12H2,1-4H3,(H,23,24). The third kappa shape index (κ3) is 4.33. The number of hydrogen-bond donors (Lipinski definition) is 1. The number of amides is 1. The Morgan fingerprint density at radius 1 is 0.962 bits per heavy atom. The van der Waals surface area contributed by atoms with Crippen LogP contribution in [0.15, 0.2) is 47.8 Å². The highest BCUT2D eigenvalue weighted by Gasteiger charge is 2.11. The molecule has 0 saturated heterocycles. The fraction of sp³-hybridized carbons (Fsp3) is 0.227. The molecule has 0 spiro atoms. The van der Waals surface area contributed by atoms with Crippen LogP contribution in [0, 0.1) is 27.7 Å². The lowest BCUT2D eigenvalue weighted by Gasteiger charge is -2.09. The Balaban J connectivity index is 1.65. The van der Waals surface area contributed by atoms with Crippen molar-refractivity contribution in [1.82, 2.24) is 0 Å². The summed E-state index contributed by atoms with van der Waals surface area (Å²) in [7, 11) is 0. The van der Waals surface area contributed by atoms with Crippen LogP contribution >= 0.6 is 11.3 Å². The lowest BCUT2D eigenvalue weighted by molar-refractivity contribution is 0.103. The zero-order valence-corrected chi connectivity index (χ0v) is 16.4. The lowest BCUT2D eigenvalue weighted by atomic mass is 10.1. The maximum Gasteiger partial charge on any atom is 0.265 e. The molecule has 0 fully saturated rings. The van der Waals surface area contributed by atoms with Crippen molar-refractivity contribution in [3.63, 3.8) is 0 Å². The molecule has 0 radical (unpaired) electrons. The highest BCUT2D eigenvalue weighted by atomic mass is 32.1. The van der Waals surface area contributed by atoms with Crippen molar-refractivity contribution >= 4 is 22.9 Å². The Bertz CT molecular complexity index is 943. The summed E-state index contributed by atoms with van der Waals surface area (Å²) in [5.74, 6) is 0.796. The summed E-state index contributed by atoms with van der Waals surface area (Å²) >= 11 is 1.44. The predicted molar refractivity (Wildman–Crippen MR) is 108 cm³/mol. The lowest BCUT2D eigenvalue weighted by Crippen LogP contribution is -2.11. The van der Waals surface area contributed by atoms with Crippen LogP contribution in [0.3, 0.4) is 0 Å². The Hall–Kier alpha value is -2.59. The quantitative estimate of drug-likeness (QED) is 0.619. The predicted octanol–water partition coefficient (Wildman–Crippen LogP) is 5.81. The second kappa shape index (κ2) is 7.75. The Labute approximate surface area is 158 Å². The largest absolute Gasteiger partial charge is 0.489 e. The molecule has 0 aliphatic heterocycles. The third-order valence-corrected chi connectivity index (χ3v) is 5.22. The number of nitrogens with one attached hydrogen (secondary N) is 1. The van der Waals surface area contributed by atoms with Gasteiger partial charge in [0.2, 0.25) is 0 Å². The Morgan fingerprint density at radius 3 is 2.46 bits per heavy atom. The van der Waals surface area contributed by atoms with E-state index in [2.05, 4.69) is 18.3 Å². The fourth-order valence-corrected chi connectivity index (χ4v) is 3.54. The summed E-state index contributed by atoms with van der Waals surface area (Å²) in [6.07, 6.45) is 0. The molecule has 1 heterocycles. The minimum absolute atomic E-state index is 0.0820. The highest BCUT2D eigenvalue weighted by Crippen LogP contribution is 2.23. The maximum absolute atomic E-state index is 12.5. The molecule has 4 heteroatoms. The molecule has 1 aromatic heterocycles. The molecule has 3 aromatic rings. The van der Waals surface area contributed by atoms with Crippen LogP contribution in [0.2, 0.25) is 0 Å². The maximum atomic E-state index is 12.5.